The highest BCUT2D eigenvalue weighted by molar-refractivity contribution is 9.10. The van der Waals surface area contributed by atoms with E-state index in [0.717, 1.165) is 35.2 Å². The zero-order valence-electron chi connectivity index (χ0n) is 11.1. The normalized spacial score (nSPS) is 12.4. The van der Waals surface area contributed by atoms with E-state index in [4.69, 9.17) is 15.2 Å². The average Bonchev–Trinajstić information content (AvgIpc) is 2.35. The van der Waals surface area contributed by atoms with Crippen LogP contribution in [0, 0.1) is 0 Å². The second-order valence-corrected chi connectivity index (χ2v) is 5.20. The number of hydrogen-bond donors (Lipinski definition) is 1. The van der Waals surface area contributed by atoms with Crippen LogP contribution in [0.2, 0.25) is 0 Å². The molecule has 0 saturated heterocycles. The van der Waals surface area contributed by atoms with E-state index < -0.39 is 0 Å². The van der Waals surface area contributed by atoms with Gasteiger partial charge < -0.3 is 15.2 Å². The molecule has 0 spiro atoms. The van der Waals surface area contributed by atoms with E-state index in [2.05, 4.69) is 22.9 Å². The monoisotopic (exact) mass is 315 g/mol. The molecule has 2 N–H and O–H groups in total. The van der Waals surface area contributed by atoms with Gasteiger partial charge >= 0.3 is 0 Å². The highest BCUT2D eigenvalue weighted by atomic mass is 79.9. The number of halogens is 1. The summed E-state index contributed by atoms with van der Waals surface area (Å²) in [6, 6.07) is 5.85. The van der Waals surface area contributed by atoms with E-state index in [0.29, 0.717) is 13.2 Å². The van der Waals surface area contributed by atoms with Crippen molar-refractivity contribution in [1.29, 1.82) is 0 Å². The summed E-state index contributed by atoms with van der Waals surface area (Å²) in [4.78, 5) is 0. The SMILES string of the molecule is CCCCOCCOc1ccc(Br)cc1[C@@H](C)N. The maximum absolute atomic E-state index is 5.92. The molecule has 1 aromatic rings. The molecule has 3 nitrogen and oxygen atoms in total. The van der Waals surface area contributed by atoms with Crippen LogP contribution >= 0.6 is 15.9 Å². The van der Waals surface area contributed by atoms with Gasteiger partial charge in [-0.1, -0.05) is 29.3 Å². The van der Waals surface area contributed by atoms with Gasteiger partial charge in [-0.05, 0) is 31.5 Å². The Morgan fingerprint density at radius 1 is 1.28 bits per heavy atom. The van der Waals surface area contributed by atoms with Gasteiger partial charge in [0, 0.05) is 22.7 Å². The van der Waals surface area contributed by atoms with Crippen molar-refractivity contribution in [2.75, 3.05) is 19.8 Å². The molecule has 0 bridgehead atoms. The standard InChI is InChI=1S/C14H22BrNO2/c1-3-4-7-17-8-9-18-14-6-5-12(15)10-13(14)11(2)16/h5-6,10-11H,3-4,7-9,16H2,1-2H3/t11-/m1/s1. The third-order valence-electron chi connectivity index (χ3n) is 2.59. The predicted octanol–water partition coefficient (Wildman–Crippen LogP) is 3.66. The Bertz CT molecular complexity index is 356. The van der Waals surface area contributed by atoms with Crippen LogP contribution in [-0.2, 0) is 4.74 Å². The van der Waals surface area contributed by atoms with Crippen LogP contribution in [-0.4, -0.2) is 19.8 Å². The van der Waals surface area contributed by atoms with Gasteiger partial charge in [0.15, 0.2) is 0 Å². The first-order valence-corrected chi connectivity index (χ1v) is 7.20. The Kier molecular flexibility index (Phi) is 7.32. The summed E-state index contributed by atoms with van der Waals surface area (Å²) in [6.45, 7) is 6.09. The highest BCUT2D eigenvalue weighted by Crippen LogP contribution is 2.27. The van der Waals surface area contributed by atoms with Gasteiger partial charge in [0.2, 0.25) is 0 Å². The molecule has 0 amide bonds. The molecule has 0 heterocycles. The number of rotatable bonds is 8. The van der Waals surface area contributed by atoms with Crippen LogP contribution in [0.25, 0.3) is 0 Å². The summed E-state index contributed by atoms with van der Waals surface area (Å²) >= 11 is 3.44. The van der Waals surface area contributed by atoms with Gasteiger partial charge in [0.1, 0.15) is 12.4 Å². The van der Waals surface area contributed by atoms with Gasteiger partial charge in [-0.15, -0.1) is 0 Å². The lowest BCUT2D eigenvalue weighted by Gasteiger charge is -2.14. The number of nitrogens with two attached hydrogens (primary N) is 1. The lowest BCUT2D eigenvalue weighted by Crippen LogP contribution is -2.11. The molecule has 18 heavy (non-hydrogen) atoms. The molecular weight excluding hydrogens is 294 g/mol. The number of ether oxygens (including phenoxy) is 2. The van der Waals surface area contributed by atoms with E-state index in [9.17, 15) is 0 Å². The zero-order chi connectivity index (χ0) is 13.4. The third kappa shape index (κ3) is 5.38. The largest absolute Gasteiger partial charge is 0.491 e. The van der Waals surface area contributed by atoms with Crippen LogP contribution in [0.3, 0.4) is 0 Å². The molecule has 0 unspecified atom stereocenters. The number of hydrogen-bond acceptors (Lipinski definition) is 3. The van der Waals surface area contributed by atoms with Crippen molar-refractivity contribution in [3.05, 3.63) is 28.2 Å². The van der Waals surface area contributed by atoms with Crippen molar-refractivity contribution >= 4 is 15.9 Å². The lowest BCUT2D eigenvalue weighted by molar-refractivity contribution is 0.0976. The molecule has 0 radical (unpaired) electrons. The van der Waals surface area contributed by atoms with Crippen molar-refractivity contribution in [1.82, 2.24) is 0 Å². The van der Waals surface area contributed by atoms with E-state index in [1.54, 1.807) is 0 Å². The molecular formula is C14H22BrNO2. The molecule has 102 valence electrons. The zero-order valence-corrected chi connectivity index (χ0v) is 12.7. The van der Waals surface area contributed by atoms with Crippen LogP contribution < -0.4 is 10.5 Å². The Balaban J connectivity index is 2.42. The smallest absolute Gasteiger partial charge is 0.124 e. The first-order valence-electron chi connectivity index (χ1n) is 6.40. The fourth-order valence-corrected chi connectivity index (χ4v) is 1.94. The molecule has 0 aliphatic carbocycles. The lowest BCUT2D eigenvalue weighted by atomic mass is 10.1. The van der Waals surface area contributed by atoms with Crippen LogP contribution in [0.1, 0.15) is 38.3 Å². The van der Waals surface area contributed by atoms with Crippen molar-refractivity contribution in [3.8, 4) is 5.75 Å². The number of benzene rings is 1. The van der Waals surface area contributed by atoms with Gasteiger partial charge in [0.25, 0.3) is 0 Å². The summed E-state index contributed by atoms with van der Waals surface area (Å²) in [7, 11) is 0. The Morgan fingerprint density at radius 3 is 2.72 bits per heavy atom. The maximum Gasteiger partial charge on any atom is 0.124 e. The second kappa shape index (κ2) is 8.51. The summed E-state index contributed by atoms with van der Waals surface area (Å²) in [5, 5.41) is 0. The Labute approximate surface area is 118 Å². The van der Waals surface area contributed by atoms with Crippen molar-refractivity contribution < 1.29 is 9.47 Å². The quantitative estimate of drug-likeness (QED) is 0.744. The summed E-state index contributed by atoms with van der Waals surface area (Å²) in [6.07, 6.45) is 2.26. The molecule has 1 aromatic carbocycles. The number of unbranched alkanes of at least 4 members (excludes halogenated alkanes) is 1. The fraction of sp³-hybridized carbons (Fsp3) is 0.571. The van der Waals surface area contributed by atoms with Crippen molar-refractivity contribution in [2.24, 2.45) is 5.73 Å². The molecule has 1 rings (SSSR count). The molecule has 0 aliphatic rings. The Hall–Kier alpha value is -0.580. The molecule has 4 heteroatoms. The third-order valence-corrected chi connectivity index (χ3v) is 3.08. The van der Waals surface area contributed by atoms with E-state index in [-0.39, 0.29) is 6.04 Å². The predicted molar refractivity (Wildman–Crippen MR) is 78.0 cm³/mol. The van der Waals surface area contributed by atoms with Crippen molar-refractivity contribution in [2.45, 2.75) is 32.7 Å². The maximum atomic E-state index is 5.92. The van der Waals surface area contributed by atoms with Crippen LogP contribution in [0.4, 0.5) is 0 Å². The average molecular weight is 316 g/mol. The van der Waals surface area contributed by atoms with Gasteiger partial charge in [-0.3, -0.25) is 0 Å². The highest BCUT2D eigenvalue weighted by Gasteiger charge is 2.08. The van der Waals surface area contributed by atoms with Gasteiger partial charge in [0.05, 0.1) is 6.61 Å². The van der Waals surface area contributed by atoms with Crippen LogP contribution in [0.15, 0.2) is 22.7 Å². The minimum absolute atomic E-state index is 0.0430. The van der Waals surface area contributed by atoms with Crippen molar-refractivity contribution in [3.63, 3.8) is 0 Å². The summed E-state index contributed by atoms with van der Waals surface area (Å²) in [5.74, 6) is 0.840. The first kappa shape index (κ1) is 15.5. The van der Waals surface area contributed by atoms with Crippen LogP contribution in [0.5, 0.6) is 5.75 Å². The van der Waals surface area contributed by atoms with Gasteiger partial charge in [-0.2, -0.15) is 0 Å². The minimum atomic E-state index is -0.0430. The Morgan fingerprint density at radius 2 is 2.06 bits per heavy atom. The summed E-state index contributed by atoms with van der Waals surface area (Å²) in [5.41, 5.74) is 6.93. The minimum Gasteiger partial charge on any atom is -0.491 e. The molecule has 0 aliphatic heterocycles. The molecule has 0 saturated carbocycles. The fourth-order valence-electron chi connectivity index (χ4n) is 1.57. The van der Waals surface area contributed by atoms with E-state index >= 15 is 0 Å². The first-order chi connectivity index (χ1) is 8.65. The molecule has 0 fully saturated rings. The topological polar surface area (TPSA) is 44.5 Å². The van der Waals surface area contributed by atoms with E-state index in [1.807, 2.05) is 25.1 Å². The molecule has 1 atom stereocenters. The second-order valence-electron chi connectivity index (χ2n) is 4.29. The molecule has 0 aromatic heterocycles. The summed E-state index contributed by atoms with van der Waals surface area (Å²) < 4.78 is 12.2. The van der Waals surface area contributed by atoms with E-state index in [1.165, 1.54) is 0 Å². The van der Waals surface area contributed by atoms with Gasteiger partial charge in [-0.25, -0.2) is 0 Å².